The average Bonchev–Trinajstić information content (AvgIpc) is 3.02. The molecule has 7 nitrogen and oxygen atoms in total. The van der Waals surface area contributed by atoms with Gasteiger partial charge in [-0.25, -0.2) is 15.0 Å². The summed E-state index contributed by atoms with van der Waals surface area (Å²) in [5.74, 6) is -0.299. The van der Waals surface area contributed by atoms with Crippen LogP contribution in [0.3, 0.4) is 0 Å². The lowest BCUT2D eigenvalue weighted by molar-refractivity contribution is -0.170. The molecule has 9 heteroatoms. The minimum Gasteiger partial charge on any atom is -0.347 e. The van der Waals surface area contributed by atoms with Crippen molar-refractivity contribution in [3.63, 3.8) is 0 Å². The van der Waals surface area contributed by atoms with Gasteiger partial charge in [0, 0.05) is 19.3 Å². The summed E-state index contributed by atoms with van der Waals surface area (Å²) in [5.41, 5.74) is 1.38. The lowest BCUT2D eigenvalue weighted by Crippen LogP contribution is -2.40. The van der Waals surface area contributed by atoms with Crippen LogP contribution in [0.15, 0.2) is 24.8 Å². The standard InChI is InChI=1S/C16H19F2N5O2/c1-23-9-19-8-13(23)12-6-7-20-14(22-12)15(24)21-10-2-4-11(5-3-10)25-16(17)18/h6-11,16H,2-5H2,1H3,(H,21,24). The molecule has 1 aliphatic carbocycles. The molecule has 1 amide bonds. The third-order valence-corrected chi connectivity index (χ3v) is 4.24. The molecule has 3 rings (SSSR count). The first kappa shape index (κ1) is 17.4. The number of alkyl halides is 2. The first-order chi connectivity index (χ1) is 12.0. The van der Waals surface area contributed by atoms with Gasteiger partial charge in [-0.1, -0.05) is 0 Å². The van der Waals surface area contributed by atoms with E-state index in [2.05, 4.69) is 25.0 Å². The van der Waals surface area contributed by atoms with E-state index in [1.165, 1.54) is 6.20 Å². The van der Waals surface area contributed by atoms with Gasteiger partial charge in [0.1, 0.15) is 0 Å². The number of rotatable bonds is 5. The van der Waals surface area contributed by atoms with Gasteiger partial charge < -0.3 is 14.6 Å². The molecule has 1 fully saturated rings. The Labute approximate surface area is 143 Å². The average molecular weight is 351 g/mol. The lowest BCUT2D eigenvalue weighted by atomic mass is 9.93. The molecular formula is C16H19F2N5O2. The Hall–Kier alpha value is -2.42. The molecule has 1 aliphatic rings. The van der Waals surface area contributed by atoms with Crippen LogP contribution in [0.5, 0.6) is 0 Å². The van der Waals surface area contributed by atoms with Gasteiger partial charge in [0.05, 0.1) is 30.0 Å². The molecule has 0 bridgehead atoms. The smallest absolute Gasteiger partial charge is 0.345 e. The van der Waals surface area contributed by atoms with Crippen molar-refractivity contribution in [1.82, 2.24) is 24.8 Å². The van der Waals surface area contributed by atoms with Crippen LogP contribution in [0.1, 0.15) is 36.3 Å². The number of aromatic nitrogens is 4. The van der Waals surface area contributed by atoms with E-state index >= 15 is 0 Å². The van der Waals surface area contributed by atoms with Crippen molar-refractivity contribution >= 4 is 5.91 Å². The van der Waals surface area contributed by atoms with Gasteiger partial charge in [0.15, 0.2) is 0 Å². The number of ether oxygens (including phenoxy) is 1. The van der Waals surface area contributed by atoms with Crippen molar-refractivity contribution < 1.29 is 18.3 Å². The molecule has 0 spiro atoms. The number of hydrogen-bond acceptors (Lipinski definition) is 5. The van der Waals surface area contributed by atoms with E-state index in [0.717, 1.165) is 5.69 Å². The van der Waals surface area contributed by atoms with Gasteiger partial charge in [-0.05, 0) is 31.7 Å². The molecule has 1 saturated carbocycles. The molecular weight excluding hydrogens is 332 g/mol. The third kappa shape index (κ3) is 4.36. The fourth-order valence-electron chi connectivity index (χ4n) is 2.95. The first-order valence-corrected chi connectivity index (χ1v) is 8.07. The Morgan fingerprint density at radius 3 is 2.76 bits per heavy atom. The molecule has 0 unspecified atom stereocenters. The molecule has 25 heavy (non-hydrogen) atoms. The quantitative estimate of drug-likeness (QED) is 0.893. The summed E-state index contributed by atoms with van der Waals surface area (Å²) in [4.78, 5) is 24.7. The number of nitrogens with one attached hydrogen (secondary N) is 1. The van der Waals surface area contributed by atoms with Crippen LogP contribution in [0.2, 0.25) is 0 Å². The van der Waals surface area contributed by atoms with Crippen LogP contribution in [0.25, 0.3) is 11.4 Å². The molecule has 134 valence electrons. The second-order valence-corrected chi connectivity index (χ2v) is 6.00. The molecule has 0 radical (unpaired) electrons. The summed E-state index contributed by atoms with van der Waals surface area (Å²) in [5, 5.41) is 2.87. The Bertz CT molecular complexity index is 729. The van der Waals surface area contributed by atoms with E-state index in [0.29, 0.717) is 31.4 Å². The minimum atomic E-state index is -2.75. The van der Waals surface area contributed by atoms with Gasteiger partial charge >= 0.3 is 6.61 Å². The second-order valence-electron chi connectivity index (χ2n) is 6.00. The number of imidazole rings is 1. The zero-order chi connectivity index (χ0) is 17.8. The molecule has 0 aromatic carbocycles. The Morgan fingerprint density at radius 2 is 2.12 bits per heavy atom. The maximum absolute atomic E-state index is 12.4. The van der Waals surface area contributed by atoms with E-state index in [9.17, 15) is 13.6 Å². The monoisotopic (exact) mass is 351 g/mol. The minimum absolute atomic E-state index is 0.0738. The highest BCUT2D eigenvalue weighted by Crippen LogP contribution is 2.23. The van der Waals surface area contributed by atoms with Crippen LogP contribution in [-0.2, 0) is 11.8 Å². The van der Waals surface area contributed by atoms with Crippen LogP contribution in [0.4, 0.5) is 8.78 Å². The van der Waals surface area contributed by atoms with Crippen molar-refractivity contribution in [1.29, 1.82) is 0 Å². The number of amides is 1. The summed E-state index contributed by atoms with van der Waals surface area (Å²) < 4.78 is 30.8. The molecule has 0 atom stereocenters. The molecule has 2 heterocycles. The predicted molar refractivity (Wildman–Crippen MR) is 84.8 cm³/mol. The molecule has 1 N–H and O–H groups in total. The summed E-state index contributed by atoms with van der Waals surface area (Å²) in [6.45, 7) is -2.75. The molecule has 2 aromatic rings. The number of carbonyl (C=O) groups is 1. The molecule has 0 aliphatic heterocycles. The van der Waals surface area contributed by atoms with E-state index < -0.39 is 12.7 Å². The van der Waals surface area contributed by atoms with Crippen LogP contribution < -0.4 is 5.32 Å². The van der Waals surface area contributed by atoms with E-state index in [1.807, 2.05) is 7.05 Å². The zero-order valence-electron chi connectivity index (χ0n) is 13.7. The Kier molecular flexibility index (Phi) is 5.32. The van der Waals surface area contributed by atoms with E-state index in [4.69, 9.17) is 0 Å². The van der Waals surface area contributed by atoms with Crippen LogP contribution in [0, 0.1) is 0 Å². The Balaban J connectivity index is 1.60. The van der Waals surface area contributed by atoms with Crippen molar-refractivity contribution in [2.75, 3.05) is 0 Å². The fourth-order valence-corrected chi connectivity index (χ4v) is 2.95. The summed E-state index contributed by atoms with van der Waals surface area (Å²) in [6.07, 6.45) is 6.55. The SMILES string of the molecule is Cn1cncc1-c1ccnc(C(=O)NC2CCC(OC(F)F)CC2)n1. The predicted octanol–water partition coefficient (Wildman–Crippen LogP) is 2.16. The highest BCUT2D eigenvalue weighted by molar-refractivity contribution is 5.91. The van der Waals surface area contributed by atoms with Gasteiger partial charge in [-0.2, -0.15) is 8.78 Å². The molecule has 0 saturated heterocycles. The van der Waals surface area contributed by atoms with E-state index in [1.54, 1.807) is 23.2 Å². The van der Waals surface area contributed by atoms with Gasteiger partial charge in [0.25, 0.3) is 5.91 Å². The lowest BCUT2D eigenvalue weighted by Gasteiger charge is -2.28. The van der Waals surface area contributed by atoms with Gasteiger partial charge in [0.2, 0.25) is 5.82 Å². The highest BCUT2D eigenvalue weighted by Gasteiger charge is 2.26. The van der Waals surface area contributed by atoms with Crippen LogP contribution in [-0.4, -0.2) is 44.2 Å². The highest BCUT2D eigenvalue weighted by atomic mass is 19.3. The maximum Gasteiger partial charge on any atom is 0.345 e. The Morgan fingerprint density at radius 1 is 1.36 bits per heavy atom. The molecule has 2 aromatic heterocycles. The summed E-state index contributed by atoms with van der Waals surface area (Å²) >= 11 is 0. The first-order valence-electron chi connectivity index (χ1n) is 8.07. The van der Waals surface area contributed by atoms with Gasteiger partial charge in [-0.3, -0.25) is 4.79 Å². The second kappa shape index (κ2) is 7.64. The third-order valence-electron chi connectivity index (χ3n) is 4.24. The van der Waals surface area contributed by atoms with Crippen molar-refractivity contribution in [2.45, 2.75) is 44.4 Å². The summed E-state index contributed by atoms with van der Waals surface area (Å²) in [6, 6.07) is 1.62. The van der Waals surface area contributed by atoms with Crippen LogP contribution >= 0.6 is 0 Å². The summed E-state index contributed by atoms with van der Waals surface area (Å²) in [7, 11) is 1.84. The van der Waals surface area contributed by atoms with Crippen molar-refractivity contribution in [2.24, 2.45) is 7.05 Å². The number of carbonyl (C=O) groups excluding carboxylic acids is 1. The normalized spacial score (nSPS) is 20.6. The van der Waals surface area contributed by atoms with Crippen molar-refractivity contribution in [3.8, 4) is 11.4 Å². The fraction of sp³-hybridized carbons (Fsp3) is 0.500. The van der Waals surface area contributed by atoms with Gasteiger partial charge in [-0.15, -0.1) is 0 Å². The number of halogens is 2. The van der Waals surface area contributed by atoms with E-state index in [-0.39, 0.29) is 17.8 Å². The maximum atomic E-state index is 12.4. The van der Waals surface area contributed by atoms with Crippen molar-refractivity contribution in [3.05, 3.63) is 30.6 Å². The zero-order valence-corrected chi connectivity index (χ0v) is 13.7. The largest absolute Gasteiger partial charge is 0.347 e. The topological polar surface area (TPSA) is 81.9 Å². The number of nitrogens with zero attached hydrogens (tertiary/aromatic N) is 4. The number of aryl methyl sites for hydroxylation is 1. The number of hydrogen-bond donors (Lipinski definition) is 1.